The number of rotatable bonds is 2. The molecule has 0 bridgehead atoms. The molecule has 0 heterocycles. The van der Waals surface area contributed by atoms with Gasteiger partial charge in [0, 0.05) is 0 Å². The van der Waals surface area contributed by atoms with Crippen molar-refractivity contribution in [3.8, 4) is 0 Å². The van der Waals surface area contributed by atoms with Crippen LogP contribution in [0.3, 0.4) is 0 Å². The minimum absolute atomic E-state index is 0.576. The van der Waals surface area contributed by atoms with Crippen molar-refractivity contribution in [2.24, 2.45) is 10.9 Å². The predicted octanol–water partition coefficient (Wildman–Crippen LogP) is -0.0698. The number of oxime groups is 1. The van der Waals surface area contributed by atoms with Gasteiger partial charge in [-0.1, -0.05) is 5.16 Å². The molecule has 3 N–H and O–H groups in total. The Balaban J connectivity index is 3.50. The Morgan fingerprint density at radius 3 is 2.89 bits per heavy atom. The lowest BCUT2D eigenvalue weighted by atomic mass is 10.5. The highest BCUT2D eigenvalue weighted by Crippen LogP contribution is 1.83. The smallest absolute Gasteiger partial charge is 0.405 e. The Morgan fingerprint density at radius 1 is 2.00 bits per heavy atom. The van der Waals surface area contributed by atoms with Gasteiger partial charge < -0.3 is 15.7 Å². The van der Waals surface area contributed by atoms with Crippen LogP contribution in [-0.2, 0) is 4.74 Å². The molecule has 0 radical (unpaired) electrons. The third-order valence-corrected chi connectivity index (χ3v) is 0.579. The van der Waals surface area contributed by atoms with Crippen molar-refractivity contribution >= 4 is 12.3 Å². The first-order valence-corrected chi connectivity index (χ1v) is 2.30. The summed E-state index contributed by atoms with van der Waals surface area (Å²) < 4.78 is 4.32. The van der Waals surface area contributed by atoms with Crippen molar-refractivity contribution in [2.75, 3.05) is 0 Å². The largest absolute Gasteiger partial charge is 0.441 e. The van der Waals surface area contributed by atoms with Gasteiger partial charge >= 0.3 is 6.09 Å². The molecular formula is C4H8N2O3. The first kappa shape index (κ1) is 7.74. The van der Waals surface area contributed by atoms with Crippen molar-refractivity contribution < 1.29 is 14.7 Å². The van der Waals surface area contributed by atoms with Gasteiger partial charge in [-0.05, 0) is 6.92 Å². The third kappa shape index (κ3) is 4.60. The summed E-state index contributed by atoms with van der Waals surface area (Å²) in [5, 5.41) is 10.5. The molecule has 0 aromatic carbocycles. The van der Waals surface area contributed by atoms with Crippen LogP contribution in [-0.4, -0.2) is 23.6 Å². The number of nitrogens with zero attached hydrogens (tertiary/aromatic N) is 1. The van der Waals surface area contributed by atoms with Crippen LogP contribution in [0.5, 0.6) is 0 Å². The molecule has 0 aliphatic rings. The second-order valence-electron chi connectivity index (χ2n) is 1.41. The molecule has 0 saturated carbocycles. The van der Waals surface area contributed by atoms with Crippen molar-refractivity contribution in [3.63, 3.8) is 0 Å². The molecule has 0 aromatic heterocycles. The number of primary amides is 1. The zero-order valence-electron chi connectivity index (χ0n) is 4.94. The van der Waals surface area contributed by atoms with Gasteiger partial charge in [0.05, 0.1) is 6.21 Å². The molecule has 0 fully saturated rings. The Hall–Kier alpha value is -1.26. The Kier molecular flexibility index (Phi) is 3.19. The number of nitrogens with two attached hydrogens (primary N) is 1. The van der Waals surface area contributed by atoms with Gasteiger partial charge in [0.25, 0.3) is 0 Å². The van der Waals surface area contributed by atoms with E-state index in [0.29, 0.717) is 0 Å². The van der Waals surface area contributed by atoms with Gasteiger partial charge in [-0.3, -0.25) is 0 Å². The summed E-state index contributed by atoms with van der Waals surface area (Å²) in [5.41, 5.74) is 4.62. The molecule has 0 spiro atoms. The number of hydrogen-bond acceptors (Lipinski definition) is 4. The second kappa shape index (κ2) is 3.71. The van der Waals surface area contributed by atoms with Crippen LogP contribution in [0.25, 0.3) is 0 Å². The maximum absolute atomic E-state index is 9.94. The predicted molar refractivity (Wildman–Crippen MR) is 30.4 cm³/mol. The van der Waals surface area contributed by atoms with Gasteiger partial charge in [-0.25, -0.2) is 4.79 Å². The molecule has 52 valence electrons. The zero-order chi connectivity index (χ0) is 7.28. The van der Waals surface area contributed by atoms with Gasteiger partial charge in [0.2, 0.25) is 0 Å². The maximum atomic E-state index is 9.94. The monoisotopic (exact) mass is 132 g/mol. The molecular weight excluding hydrogens is 124 g/mol. The molecule has 5 heteroatoms. The zero-order valence-corrected chi connectivity index (χ0v) is 4.94. The van der Waals surface area contributed by atoms with Crippen molar-refractivity contribution in [3.05, 3.63) is 0 Å². The lowest BCUT2D eigenvalue weighted by Crippen LogP contribution is -2.21. The highest BCUT2D eigenvalue weighted by Gasteiger charge is 2.00. The standard InChI is InChI=1S/C4H8N2O3/c1-3(2-6-8)9-4(5)7/h2-3,8H,1H3,(H2,5,7)/t3-/m0/s1. The van der Waals surface area contributed by atoms with E-state index in [-0.39, 0.29) is 0 Å². The van der Waals surface area contributed by atoms with E-state index >= 15 is 0 Å². The van der Waals surface area contributed by atoms with Crippen LogP contribution in [0.4, 0.5) is 4.79 Å². The van der Waals surface area contributed by atoms with Gasteiger partial charge in [0.15, 0.2) is 0 Å². The third-order valence-electron chi connectivity index (χ3n) is 0.579. The Morgan fingerprint density at radius 2 is 2.56 bits per heavy atom. The van der Waals surface area contributed by atoms with E-state index in [1.165, 1.54) is 6.92 Å². The lowest BCUT2D eigenvalue weighted by Gasteiger charge is -2.02. The van der Waals surface area contributed by atoms with Crippen LogP contribution in [0, 0.1) is 0 Å². The van der Waals surface area contributed by atoms with E-state index in [1.54, 1.807) is 0 Å². The lowest BCUT2D eigenvalue weighted by molar-refractivity contribution is 0.144. The van der Waals surface area contributed by atoms with Gasteiger partial charge in [-0.2, -0.15) is 0 Å². The molecule has 0 aromatic rings. The van der Waals surface area contributed by atoms with Crippen LogP contribution in [0.1, 0.15) is 6.92 Å². The van der Waals surface area contributed by atoms with Gasteiger partial charge in [-0.15, -0.1) is 0 Å². The summed E-state index contributed by atoms with van der Waals surface area (Å²) in [6, 6.07) is 0. The first-order valence-electron chi connectivity index (χ1n) is 2.30. The maximum Gasteiger partial charge on any atom is 0.405 e. The normalized spacial score (nSPS) is 13.4. The fraction of sp³-hybridized carbons (Fsp3) is 0.500. The number of carbonyl (C=O) groups is 1. The summed E-state index contributed by atoms with van der Waals surface area (Å²) in [6.45, 7) is 1.52. The summed E-state index contributed by atoms with van der Waals surface area (Å²) in [5.74, 6) is 0. The van der Waals surface area contributed by atoms with Crippen LogP contribution in [0.15, 0.2) is 5.16 Å². The second-order valence-corrected chi connectivity index (χ2v) is 1.41. The van der Waals surface area contributed by atoms with E-state index < -0.39 is 12.2 Å². The molecule has 0 aliphatic carbocycles. The summed E-state index contributed by atoms with van der Waals surface area (Å²) >= 11 is 0. The Bertz CT molecular complexity index is 123. The molecule has 9 heavy (non-hydrogen) atoms. The molecule has 0 rings (SSSR count). The number of ether oxygens (including phenoxy) is 1. The quantitative estimate of drug-likeness (QED) is 0.313. The van der Waals surface area contributed by atoms with Crippen LogP contribution < -0.4 is 5.73 Å². The number of carbonyl (C=O) groups excluding carboxylic acids is 1. The molecule has 0 unspecified atom stereocenters. The fourth-order valence-electron chi connectivity index (χ4n) is 0.308. The van der Waals surface area contributed by atoms with Crippen molar-refractivity contribution in [2.45, 2.75) is 13.0 Å². The summed E-state index contributed by atoms with van der Waals surface area (Å²) in [7, 11) is 0. The van der Waals surface area contributed by atoms with Crippen LogP contribution >= 0.6 is 0 Å². The van der Waals surface area contributed by atoms with E-state index in [2.05, 4.69) is 15.6 Å². The fourth-order valence-corrected chi connectivity index (χ4v) is 0.308. The van der Waals surface area contributed by atoms with E-state index in [0.717, 1.165) is 6.21 Å². The highest BCUT2D eigenvalue weighted by atomic mass is 16.6. The average Bonchev–Trinajstić information content (AvgIpc) is 1.63. The highest BCUT2D eigenvalue weighted by molar-refractivity contribution is 5.70. The van der Waals surface area contributed by atoms with E-state index in [4.69, 9.17) is 5.21 Å². The number of hydrogen-bond donors (Lipinski definition) is 2. The van der Waals surface area contributed by atoms with Crippen molar-refractivity contribution in [1.82, 2.24) is 0 Å². The first-order chi connectivity index (χ1) is 4.16. The molecule has 1 amide bonds. The minimum Gasteiger partial charge on any atom is -0.441 e. The van der Waals surface area contributed by atoms with E-state index in [9.17, 15) is 4.79 Å². The summed E-state index contributed by atoms with van der Waals surface area (Å²) in [6.07, 6.45) is -0.417. The minimum atomic E-state index is -0.887. The van der Waals surface area contributed by atoms with Gasteiger partial charge in [0.1, 0.15) is 6.10 Å². The van der Waals surface area contributed by atoms with Crippen LogP contribution in [0.2, 0.25) is 0 Å². The molecule has 0 saturated heterocycles. The topological polar surface area (TPSA) is 84.9 Å². The molecule has 0 aliphatic heterocycles. The number of amides is 1. The summed E-state index contributed by atoms with van der Waals surface area (Å²) in [4.78, 5) is 9.94. The molecule has 5 nitrogen and oxygen atoms in total. The molecule has 1 atom stereocenters. The van der Waals surface area contributed by atoms with Crippen molar-refractivity contribution in [1.29, 1.82) is 0 Å². The average molecular weight is 132 g/mol. The SMILES string of the molecule is C[C@@H](C=NO)OC(N)=O. The Labute approximate surface area is 52.1 Å². The van der Waals surface area contributed by atoms with E-state index in [1.807, 2.05) is 0 Å².